The molecule has 1 aliphatic carbocycles. The number of amides is 2. The topological polar surface area (TPSA) is 89.9 Å². The molecule has 0 aliphatic heterocycles. The molecule has 1 saturated carbocycles. The molecule has 6 heteroatoms. The first-order valence-corrected chi connectivity index (χ1v) is 6.07. The molecule has 3 N–H and O–H groups in total. The zero-order chi connectivity index (χ0) is 13.5. The maximum absolute atomic E-state index is 11.9. The van der Waals surface area contributed by atoms with Gasteiger partial charge in [0.15, 0.2) is 0 Å². The van der Waals surface area contributed by atoms with Gasteiger partial charge in [-0.05, 0) is 18.8 Å². The number of hydrogen-bond acceptors (Lipinski definition) is 3. The third kappa shape index (κ3) is 4.75. The molecule has 1 aliphatic rings. The fourth-order valence-electron chi connectivity index (χ4n) is 1.82. The molecular formula is C12H20N2O4. The van der Waals surface area contributed by atoms with Gasteiger partial charge in [0, 0.05) is 19.1 Å². The lowest BCUT2D eigenvalue weighted by Crippen LogP contribution is -2.47. The number of carboxylic acid groups (broad SMARTS) is 1. The lowest BCUT2D eigenvalue weighted by molar-refractivity contribution is -0.137. The van der Waals surface area contributed by atoms with Gasteiger partial charge in [0.1, 0.15) is 0 Å². The summed E-state index contributed by atoms with van der Waals surface area (Å²) in [6, 6.07) is -0.664. The highest BCUT2D eigenvalue weighted by molar-refractivity contribution is 5.76. The van der Waals surface area contributed by atoms with Crippen LogP contribution in [-0.2, 0) is 4.79 Å². The van der Waals surface area contributed by atoms with E-state index in [0.717, 1.165) is 12.8 Å². The van der Waals surface area contributed by atoms with Crippen molar-refractivity contribution in [2.24, 2.45) is 5.92 Å². The maximum Gasteiger partial charge on any atom is 0.317 e. The molecular weight excluding hydrogens is 236 g/mol. The smallest absolute Gasteiger partial charge is 0.317 e. The van der Waals surface area contributed by atoms with Crippen molar-refractivity contribution in [2.75, 3.05) is 19.7 Å². The minimum Gasteiger partial charge on any atom is -0.481 e. The molecule has 0 aromatic heterocycles. The Bertz CT molecular complexity index is 315. The molecule has 18 heavy (non-hydrogen) atoms. The number of nitrogens with one attached hydrogen (secondary N) is 1. The molecule has 6 nitrogen and oxygen atoms in total. The molecule has 0 aromatic rings. The van der Waals surface area contributed by atoms with E-state index in [-0.39, 0.29) is 37.6 Å². The van der Waals surface area contributed by atoms with E-state index >= 15 is 0 Å². The summed E-state index contributed by atoms with van der Waals surface area (Å²) in [5.74, 6) is -0.644. The Morgan fingerprint density at radius 2 is 2.17 bits per heavy atom. The van der Waals surface area contributed by atoms with E-state index in [9.17, 15) is 9.59 Å². The van der Waals surface area contributed by atoms with Gasteiger partial charge in [-0.25, -0.2) is 4.79 Å². The van der Waals surface area contributed by atoms with Gasteiger partial charge in [-0.2, -0.15) is 0 Å². The van der Waals surface area contributed by atoms with Crippen LogP contribution in [0.25, 0.3) is 0 Å². The van der Waals surface area contributed by atoms with Crippen LogP contribution in [0.1, 0.15) is 19.3 Å². The maximum atomic E-state index is 11.9. The van der Waals surface area contributed by atoms with Gasteiger partial charge >= 0.3 is 12.0 Å². The predicted octanol–water partition coefficient (Wildman–Crippen LogP) is 0.430. The van der Waals surface area contributed by atoms with Gasteiger partial charge in [-0.15, -0.1) is 6.58 Å². The number of nitrogens with zero attached hydrogens (tertiary/aromatic N) is 1. The van der Waals surface area contributed by atoms with Crippen molar-refractivity contribution < 1.29 is 19.8 Å². The van der Waals surface area contributed by atoms with Gasteiger partial charge in [0.2, 0.25) is 0 Å². The fraction of sp³-hybridized carbons (Fsp3) is 0.667. The van der Waals surface area contributed by atoms with Gasteiger partial charge in [-0.1, -0.05) is 6.08 Å². The second-order valence-corrected chi connectivity index (χ2v) is 4.45. The highest BCUT2D eigenvalue weighted by atomic mass is 16.4. The van der Waals surface area contributed by atoms with Crippen LogP contribution in [0.5, 0.6) is 0 Å². The Hall–Kier alpha value is -1.56. The molecule has 0 saturated heterocycles. The summed E-state index contributed by atoms with van der Waals surface area (Å²) in [5, 5.41) is 20.4. The van der Waals surface area contributed by atoms with Crippen LogP contribution in [0.2, 0.25) is 0 Å². The number of aliphatic carboxylic acids is 1. The number of carbonyl (C=O) groups excluding carboxylic acids is 1. The van der Waals surface area contributed by atoms with Gasteiger partial charge in [-0.3, -0.25) is 4.79 Å². The molecule has 1 fully saturated rings. The number of carbonyl (C=O) groups is 2. The first kappa shape index (κ1) is 14.5. The molecule has 2 amide bonds. The third-order valence-corrected chi connectivity index (χ3v) is 2.90. The van der Waals surface area contributed by atoms with E-state index < -0.39 is 5.97 Å². The zero-order valence-electron chi connectivity index (χ0n) is 10.3. The molecule has 1 rings (SSSR count). The van der Waals surface area contributed by atoms with Gasteiger partial charge < -0.3 is 20.4 Å². The zero-order valence-corrected chi connectivity index (χ0v) is 10.3. The summed E-state index contributed by atoms with van der Waals surface area (Å²) < 4.78 is 0. The molecule has 0 bridgehead atoms. The summed E-state index contributed by atoms with van der Waals surface area (Å²) in [7, 11) is 0. The Morgan fingerprint density at radius 3 is 2.61 bits per heavy atom. The van der Waals surface area contributed by atoms with Gasteiger partial charge in [0.05, 0.1) is 13.0 Å². The first-order chi connectivity index (χ1) is 8.58. The van der Waals surface area contributed by atoms with Crippen molar-refractivity contribution in [1.29, 1.82) is 0 Å². The van der Waals surface area contributed by atoms with Crippen LogP contribution in [0.4, 0.5) is 4.79 Å². The largest absolute Gasteiger partial charge is 0.481 e. The second-order valence-electron chi connectivity index (χ2n) is 4.45. The molecule has 0 radical (unpaired) electrons. The number of aliphatic hydroxyl groups is 1. The number of urea groups is 1. The Kier molecular flexibility index (Phi) is 5.64. The summed E-state index contributed by atoms with van der Waals surface area (Å²) >= 11 is 0. The molecule has 1 atom stereocenters. The van der Waals surface area contributed by atoms with E-state index in [0.29, 0.717) is 6.54 Å². The summed E-state index contributed by atoms with van der Waals surface area (Å²) in [6.07, 6.45) is 3.43. The third-order valence-electron chi connectivity index (χ3n) is 2.90. The average molecular weight is 256 g/mol. The fourth-order valence-corrected chi connectivity index (χ4v) is 1.82. The molecule has 0 aromatic carbocycles. The summed E-state index contributed by atoms with van der Waals surface area (Å²) in [5.41, 5.74) is 0. The van der Waals surface area contributed by atoms with Crippen molar-refractivity contribution in [3.63, 3.8) is 0 Å². The molecule has 1 unspecified atom stereocenters. The van der Waals surface area contributed by atoms with Gasteiger partial charge in [0.25, 0.3) is 0 Å². The number of aliphatic hydroxyl groups excluding tert-OH is 1. The SMILES string of the molecule is C=CCN(CCO)C(=O)NC(CC(=O)O)C1CC1. The quantitative estimate of drug-likeness (QED) is 0.549. The van der Waals surface area contributed by atoms with Crippen LogP contribution in [-0.4, -0.2) is 52.9 Å². The van der Waals surface area contributed by atoms with E-state index in [2.05, 4.69) is 11.9 Å². The highest BCUT2D eigenvalue weighted by Crippen LogP contribution is 2.34. The van der Waals surface area contributed by atoms with Crippen LogP contribution in [0.3, 0.4) is 0 Å². The van der Waals surface area contributed by atoms with Crippen LogP contribution >= 0.6 is 0 Å². The predicted molar refractivity (Wildman–Crippen MR) is 66.2 cm³/mol. The summed E-state index contributed by atoms with van der Waals surface area (Å²) in [6.45, 7) is 3.95. The van der Waals surface area contributed by atoms with E-state index in [4.69, 9.17) is 10.2 Å². The first-order valence-electron chi connectivity index (χ1n) is 6.07. The van der Waals surface area contributed by atoms with Crippen LogP contribution in [0, 0.1) is 5.92 Å². The summed E-state index contributed by atoms with van der Waals surface area (Å²) in [4.78, 5) is 24.0. The minimum atomic E-state index is -0.912. The Morgan fingerprint density at radius 1 is 1.50 bits per heavy atom. The van der Waals surface area contributed by atoms with Crippen molar-refractivity contribution in [3.8, 4) is 0 Å². The molecule has 102 valence electrons. The number of hydrogen-bond donors (Lipinski definition) is 3. The Labute approximate surface area is 106 Å². The normalized spacial score (nSPS) is 15.8. The van der Waals surface area contributed by atoms with Crippen molar-refractivity contribution >= 4 is 12.0 Å². The Balaban J connectivity index is 2.52. The lowest BCUT2D eigenvalue weighted by Gasteiger charge is -2.24. The van der Waals surface area contributed by atoms with E-state index in [1.807, 2.05) is 0 Å². The van der Waals surface area contributed by atoms with Crippen molar-refractivity contribution in [3.05, 3.63) is 12.7 Å². The van der Waals surface area contributed by atoms with E-state index in [1.165, 1.54) is 4.90 Å². The minimum absolute atomic E-state index is 0.0581. The monoisotopic (exact) mass is 256 g/mol. The highest BCUT2D eigenvalue weighted by Gasteiger charge is 2.34. The van der Waals surface area contributed by atoms with E-state index in [1.54, 1.807) is 6.08 Å². The molecule has 0 spiro atoms. The van der Waals surface area contributed by atoms with Crippen LogP contribution in [0.15, 0.2) is 12.7 Å². The van der Waals surface area contributed by atoms with Crippen molar-refractivity contribution in [1.82, 2.24) is 10.2 Å². The molecule has 0 heterocycles. The standard InChI is InChI=1S/C12H20N2O4/c1-2-5-14(6-7-15)12(18)13-10(8-11(16)17)9-3-4-9/h2,9-10,15H,1,3-8H2,(H,13,18)(H,16,17). The number of rotatable bonds is 8. The van der Waals surface area contributed by atoms with Crippen molar-refractivity contribution in [2.45, 2.75) is 25.3 Å². The number of carboxylic acids is 1. The van der Waals surface area contributed by atoms with Crippen LogP contribution < -0.4 is 5.32 Å². The average Bonchev–Trinajstić information content (AvgIpc) is 3.11. The second kappa shape index (κ2) is 7.00. The lowest BCUT2D eigenvalue weighted by atomic mass is 10.1.